The van der Waals surface area contributed by atoms with Gasteiger partial charge < -0.3 is 51.2 Å². The monoisotopic (exact) mass is 995 g/mol. The van der Waals surface area contributed by atoms with Gasteiger partial charge in [0.05, 0.1) is 35.2 Å². The van der Waals surface area contributed by atoms with E-state index in [1.807, 2.05) is 62.4 Å². The van der Waals surface area contributed by atoms with E-state index in [9.17, 15) is 19.8 Å². The summed E-state index contributed by atoms with van der Waals surface area (Å²) in [6.07, 6.45) is -0.0890. The van der Waals surface area contributed by atoms with Crippen LogP contribution in [0.5, 0.6) is 0 Å². The van der Waals surface area contributed by atoms with Crippen LogP contribution in [-0.2, 0) is 18.9 Å². The topological polar surface area (TPSA) is 130 Å². The molecule has 0 saturated carbocycles. The second kappa shape index (κ2) is 25.1. The first kappa shape index (κ1) is 55.6. The molecular formula is C51H73BBrKN6O6. The number of halogens is 1. The molecule has 0 aromatic heterocycles. The second-order valence-corrected chi connectivity index (χ2v) is 19.1. The van der Waals surface area contributed by atoms with Gasteiger partial charge in [-0.3, -0.25) is 9.59 Å². The number of carbonyl (C=O) groups excluding carboxylic acids is 2. The third-order valence-electron chi connectivity index (χ3n) is 13.3. The number of aliphatic hydroxyl groups is 2. The van der Waals surface area contributed by atoms with Crippen LogP contribution in [0.1, 0.15) is 77.1 Å². The van der Waals surface area contributed by atoms with Crippen LogP contribution in [0, 0.1) is 11.8 Å². The maximum Gasteiger partial charge on any atom is 1.00 e. The van der Waals surface area contributed by atoms with Gasteiger partial charge in [0.15, 0.2) is 0 Å². The molecule has 3 aliphatic rings. The van der Waals surface area contributed by atoms with Gasteiger partial charge in [0, 0.05) is 91.0 Å². The van der Waals surface area contributed by atoms with Crippen LogP contribution in [0.3, 0.4) is 0 Å². The van der Waals surface area contributed by atoms with Crippen molar-refractivity contribution in [2.45, 2.75) is 99.1 Å². The minimum Gasteiger partial charge on any atom is -1.00 e. The number of carbonyl (C=O) groups is 2. The average molecular weight is 997 g/mol. The largest absolute Gasteiger partial charge is 1.00 e. The molecule has 2 amide bonds. The van der Waals surface area contributed by atoms with Crippen LogP contribution in [-0.4, -0.2) is 105 Å². The fraction of sp³-hybridized carbons (Fsp3) is 0.490. The van der Waals surface area contributed by atoms with Crippen molar-refractivity contribution in [3.8, 4) is 0 Å². The number of aliphatic hydroxyl groups excluding tert-OH is 2. The van der Waals surface area contributed by atoms with Crippen molar-refractivity contribution >= 4 is 74.4 Å². The van der Waals surface area contributed by atoms with E-state index in [4.69, 9.17) is 9.31 Å². The molecule has 15 heteroatoms. The molecule has 66 heavy (non-hydrogen) atoms. The fourth-order valence-corrected chi connectivity index (χ4v) is 8.66. The van der Waals surface area contributed by atoms with Gasteiger partial charge in [0.1, 0.15) is 0 Å². The molecule has 4 unspecified atom stereocenters. The summed E-state index contributed by atoms with van der Waals surface area (Å²) in [5.74, 6) is -1.05. The van der Waals surface area contributed by atoms with E-state index in [0.29, 0.717) is 12.8 Å². The molecule has 12 nitrogen and oxygen atoms in total. The molecule has 0 aliphatic carbocycles. The Bertz CT molecular complexity index is 2100. The van der Waals surface area contributed by atoms with Crippen molar-refractivity contribution in [2.75, 3.05) is 82.6 Å². The number of nitrogens with one attached hydrogen (secondary N) is 2. The Kier molecular flexibility index (Phi) is 21.1. The maximum absolute atomic E-state index is 12.4. The number of anilines is 6. The predicted octanol–water partition coefficient (Wildman–Crippen LogP) is 5.53. The smallest absolute Gasteiger partial charge is 1.00 e. The van der Waals surface area contributed by atoms with Crippen LogP contribution in [0.4, 0.5) is 34.1 Å². The van der Waals surface area contributed by atoms with Gasteiger partial charge in [-0.25, -0.2) is 0 Å². The zero-order valence-corrected chi connectivity index (χ0v) is 44.6. The quantitative estimate of drug-likeness (QED) is 0.127. The summed E-state index contributed by atoms with van der Waals surface area (Å²) in [7, 11) is -0.339. The molecule has 0 bridgehead atoms. The van der Waals surface area contributed by atoms with E-state index in [1.54, 1.807) is 13.8 Å². The molecule has 4 atom stereocenters. The number of hydrogen-bond donors (Lipinski definition) is 4. The van der Waals surface area contributed by atoms with Crippen LogP contribution in [0.15, 0.2) is 102 Å². The first-order chi connectivity index (χ1) is 30.5. The Morgan fingerprint density at radius 2 is 0.864 bits per heavy atom. The minimum atomic E-state index is -0.662. The van der Waals surface area contributed by atoms with Gasteiger partial charge >= 0.3 is 58.5 Å². The molecular weight excluding hydrogens is 922 g/mol. The molecule has 4 aromatic rings. The molecule has 3 aliphatic heterocycles. The summed E-state index contributed by atoms with van der Waals surface area (Å²) in [6.45, 7) is 23.0. The first-order valence-electron chi connectivity index (χ1n) is 22.9. The number of rotatable bonds is 13. The summed E-state index contributed by atoms with van der Waals surface area (Å²) in [5.41, 5.74) is 6.65. The van der Waals surface area contributed by atoms with Crippen molar-refractivity contribution in [1.29, 1.82) is 0 Å². The van der Waals surface area contributed by atoms with Gasteiger partial charge in [-0.1, -0.05) is 49.3 Å². The van der Waals surface area contributed by atoms with E-state index in [-0.39, 0.29) is 96.3 Å². The number of amides is 2. The summed E-state index contributed by atoms with van der Waals surface area (Å²) < 4.78 is 13.5. The summed E-state index contributed by atoms with van der Waals surface area (Å²) in [4.78, 5) is 34.2. The number of hydrogen-bond acceptors (Lipinski definition) is 10. The summed E-state index contributed by atoms with van der Waals surface area (Å²) in [5, 5.41) is 25.3. The van der Waals surface area contributed by atoms with E-state index in [0.717, 1.165) is 85.0 Å². The molecule has 4 aromatic carbocycles. The SMILES string of the molecule is C.CCC(C(=O)Nc1ccc(N2CCN(c3ccc(B4OC(C)(C)C(C)(C)O4)cc3)CC2)cc1)C(C)O.CCC(C(=O)Nc1ccc(N2CCN(c3ccc(Br)cc3)CC2)cc1)C(C)O.[2H-].[K+]. The Labute approximate surface area is 447 Å². The van der Waals surface area contributed by atoms with Crippen LogP contribution < -0.4 is 87.1 Å². The van der Waals surface area contributed by atoms with E-state index >= 15 is 0 Å². The Morgan fingerprint density at radius 1 is 0.591 bits per heavy atom. The van der Waals surface area contributed by atoms with E-state index in [2.05, 4.69) is 122 Å². The molecule has 7 rings (SSSR count). The maximum atomic E-state index is 12.4. The predicted molar refractivity (Wildman–Crippen MR) is 274 cm³/mol. The number of piperazine rings is 2. The number of nitrogens with zero attached hydrogens (tertiary/aromatic N) is 4. The molecule has 0 radical (unpaired) electrons. The van der Waals surface area contributed by atoms with Gasteiger partial charge in [-0.2, -0.15) is 0 Å². The molecule has 0 spiro atoms. The average Bonchev–Trinajstić information content (AvgIpc) is 3.50. The zero-order chi connectivity index (χ0) is 46.2. The first-order valence-corrected chi connectivity index (χ1v) is 23.7. The van der Waals surface area contributed by atoms with Gasteiger partial charge in [-0.15, -0.1) is 0 Å². The summed E-state index contributed by atoms with van der Waals surface area (Å²) in [6, 6.07) is 32.9. The molecule has 3 saturated heterocycles. The van der Waals surface area contributed by atoms with Gasteiger partial charge in [-0.05, 0) is 145 Å². The zero-order valence-electron chi connectivity index (χ0n) is 40.9. The normalized spacial score (nSPS) is 18.4. The third kappa shape index (κ3) is 14.3. The summed E-state index contributed by atoms with van der Waals surface area (Å²) >= 11 is 3.48. The van der Waals surface area contributed by atoms with Crippen molar-refractivity contribution < 1.29 is 81.9 Å². The second-order valence-electron chi connectivity index (χ2n) is 18.2. The van der Waals surface area contributed by atoms with Crippen molar-refractivity contribution in [2.24, 2.45) is 11.8 Å². The molecule has 3 fully saturated rings. The Balaban J connectivity index is 0.000000350. The van der Waals surface area contributed by atoms with Crippen molar-refractivity contribution in [1.82, 2.24) is 0 Å². The van der Waals surface area contributed by atoms with Crippen LogP contribution >= 0.6 is 15.9 Å². The van der Waals surface area contributed by atoms with Crippen molar-refractivity contribution in [3.63, 3.8) is 0 Å². The van der Waals surface area contributed by atoms with E-state index in [1.165, 1.54) is 11.4 Å². The minimum absolute atomic E-state index is 0. The van der Waals surface area contributed by atoms with Crippen LogP contribution in [0.25, 0.3) is 0 Å². The van der Waals surface area contributed by atoms with Crippen LogP contribution in [0.2, 0.25) is 0 Å². The fourth-order valence-electron chi connectivity index (χ4n) is 8.39. The van der Waals surface area contributed by atoms with E-state index < -0.39 is 18.1 Å². The molecule has 4 N–H and O–H groups in total. The number of benzene rings is 4. The standard InChI is InChI=1S/C28H40BN3O4.C22H28BrN3O2.CH4.K.H/c1-7-25(20(2)33)26(34)30-22-10-14-24(15-11-22)32-18-16-31(17-19-32)23-12-8-21(9-13-23)29-35-27(3,4)28(5,6)36-29;1-3-21(16(2)27)22(28)24-18-6-10-20(11-7-18)26-14-12-25(13-15-26)19-8-4-17(23)5-9-19;;;/h8-15,20,25,33H,7,16-19H2,1-6H3,(H,30,34);4-11,16,21,27H,3,12-15H2,1-2H3,(H,24,28);1H4;;/q;;;+1;-1/i;;;;1+1. The van der Waals surface area contributed by atoms with Gasteiger partial charge in [0.25, 0.3) is 0 Å². The van der Waals surface area contributed by atoms with Crippen molar-refractivity contribution in [3.05, 3.63) is 102 Å². The Morgan fingerprint density at radius 3 is 1.14 bits per heavy atom. The van der Waals surface area contributed by atoms with Gasteiger partial charge in [0.2, 0.25) is 11.8 Å². The third-order valence-corrected chi connectivity index (χ3v) is 13.8. The Hall–Kier alpha value is -2.96. The molecule has 3 heterocycles. The molecule has 354 valence electrons.